The summed E-state index contributed by atoms with van der Waals surface area (Å²) in [7, 11) is 2.11. The van der Waals surface area contributed by atoms with E-state index in [-0.39, 0.29) is 23.1 Å². The van der Waals surface area contributed by atoms with Crippen LogP contribution >= 0.6 is 23.2 Å². The molecule has 1 aliphatic carbocycles. The molecule has 1 aliphatic heterocycles. The number of H-pyrrole nitrogens is 1. The van der Waals surface area contributed by atoms with Crippen molar-refractivity contribution < 1.29 is 4.79 Å². The summed E-state index contributed by atoms with van der Waals surface area (Å²) < 4.78 is 0. The van der Waals surface area contributed by atoms with Gasteiger partial charge < -0.3 is 9.88 Å². The normalized spacial score (nSPS) is 31.6. The number of aromatic nitrogens is 1. The van der Waals surface area contributed by atoms with Gasteiger partial charge in [0.25, 0.3) is 0 Å². The van der Waals surface area contributed by atoms with Crippen LogP contribution in [-0.2, 0) is 4.79 Å². The van der Waals surface area contributed by atoms with Crippen LogP contribution in [0.3, 0.4) is 0 Å². The summed E-state index contributed by atoms with van der Waals surface area (Å²) in [6.45, 7) is 5.73. The minimum absolute atomic E-state index is 0.0495. The van der Waals surface area contributed by atoms with Crippen molar-refractivity contribution in [1.29, 1.82) is 0 Å². The van der Waals surface area contributed by atoms with Gasteiger partial charge in [0.15, 0.2) is 5.78 Å². The molecule has 26 heavy (non-hydrogen) atoms. The van der Waals surface area contributed by atoms with Gasteiger partial charge in [0.2, 0.25) is 0 Å². The molecule has 4 rings (SSSR count). The van der Waals surface area contributed by atoms with Gasteiger partial charge in [-0.15, -0.1) is 23.2 Å². The summed E-state index contributed by atoms with van der Waals surface area (Å²) in [5.41, 5.74) is 3.32. The average molecular weight is 394 g/mol. The van der Waals surface area contributed by atoms with Crippen molar-refractivity contribution in [1.82, 2.24) is 14.8 Å². The number of nitrogens with zero attached hydrogens (tertiary/aromatic N) is 2. The Morgan fingerprint density at radius 2 is 1.81 bits per heavy atom. The molecule has 2 aromatic rings. The number of nitrogens with one attached hydrogen (secondary N) is 1. The van der Waals surface area contributed by atoms with Crippen LogP contribution in [0.2, 0.25) is 0 Å². The van der Waals surface area contributed by atoms with Crippen LogP contribution in [0.15, 0.2) is 24.3 Å². The molecule has 6 heteroatoms. The van der Waals surface area contributed by atoms with E-state index in [0.29, 0.717) is 0 Å². The third-order valence-corrected chi connectivity index (χ3v) is 6.92. The van der Waals surface area contributed by atoms with E-state index in [9.17, 15) is 4.79 Å². The highest BCUT2D eigenvalue weighted by molar-refractivity contribution is 6.35. The van der Waals surface area contributed by atoms with E-state index in [1.807, 2.05) is 12.1 Å². The van der Waals surface area contributed by atoms with E-state index in [1.54, 1.807) is 0 Å². The monoisotopic (exact) mass is 393 g/mol. The first kappa shape index (κ1) is 18.3. The summed E-state index contributed by atoms with van der Waals surface area (Å²) in [5, 5.41) is 0.405. The lowest BCUT2D eigenvalue weighted by molar-refractivity contribution is -0.126. The minimum atomic E-state index is -0.535. The number of alkyl halides is 2. The number of para-hydroxylation sites is 1. The quantitative estimate of drug-likeness (QED) is 0.794. The van der Waals surface area contributed by atoms with Crippen molar-refractivity contribution in [3.05, 3.63) is 35.5 Å². The molecule has 0 radical (unpaired) electrons. The third-order valence-electron chi connectivity index (χ3n) is 5.98. The lowest BCUT2D eigenvalue weighted by Crippen LogP contribution is -2.59. The smallest absolute Gasteiger partial charge is 0.169 e. The second kappa shape index (κ2) is 7.16. The Balaban J connectivity index is 1.63. The lowest BCUT2D eigenvalue weighted by atomic mass is 9.78. The SMILES string of the molecule is Cc1[nH]c2ccccc2c1C1CC(Cl)C(N2CCN(C)CC2)C(=O)C1Cl. The standard InChI is InChI=1S/C20H25Cl2N3O/c1-12-17(13-5-3-4-6-16(13)23-12)14-11-15(21)19(20(26)18(14)22)25-9-7-24(2)8-10-25/h3-6,14-15,18-19,23H,7-11H2,1-2H3. The van der Waals surface area contributed by atoms with Gasteiger partial charge >= 0.3 is 0 Å². The predicted molar refractivity (Wildman–Crippen MR) is 108 cm³/mol. The van der Waals surface area contributed by atoms with E-state index >= 15 is 0 Å². The Morgan fingerprint density at radius 1 is 1.12 bits per heavy atom. The van der Waals surface area contributed by atoms with Crippen molar-refractivity contribution >= 4 is 39.9 Å². The summed E-state index contributed by atoms with van der Waals surface area (Å²) >= 11 is 13.5. The first-order valence-corrected chi connectivity index (χ1v) is 10.2. The zero-order valence-electron chi connectivity index (χ0n) is 15.2. The highest BCUT2D eigenvalue weighted by Gasteiger charge is 2.46. The molecule has 2 fully saturated rings. The topological polar surface area (TPSA) is 39.3 Å². The molecule has 0 bridgehead atoms. The number of hydrogen-bond acceptors (Lipinski definition) is 3. The van der Waals surface area contributed by atoms with Crippen LogP contribution in [-0.4, -0.2) is 70.6 Å². The fraction of sp³-hybridized carbons (Fsp3) is 0.550. The number of Topliss-reactive ketones (excluding diaryl/α,β-unsaturated/α-hetero) is 1. The summed E-state index contributed by atoms with van der Waals surface area (Å²) in [5.74, 6) is 0.0312. The van der Waals surface area contributed by atoms with Crippen LogP contribution in [0.5, 0.6) is 0 Å². The Labute approximate surface area is 164 Å². The molecule has 1 aromatic heterocycles. The number of halogens is 2. The van der Waals surface area contributed by atoms with E-state index in [4.69, 9.17) is 23.2 Å². The van der Waals surface area contributed by atoms with E-state index in [0.717, 1.165) is 54.8 Å². The zero-order valence-corrected chi connectivity index (χ0v) is 16.7. The number of aromatic amines is 1. The Hall–Kier alpha value is -1.07. The highest BCUT2D eigenvalue weighted by atomic mass is 35.5. The van der Waals surface area contributed by atoms with Crippen molar-refractivity contribution in [2.24, 2.45) is 0 Å². The van der Waals surface area contributed by atoms with Gasteiger partial charge in [0.1, 0.15) is 5.38 Å². The first-order chi connectivity index (χ1) is 12.5. The number of rotatable bonds is 2. The van der Waals surface area contributed by atoms with Crippen LogP contribution < -0.4 is 0 Å². The number of carbonyl (C=O) groups is 1. The molecule has 0 amide bonds. The van der Waals surface area contributed by atoms with E-state index in [2.05, 4.69) is 40.9 Å². The lowest BCUT2D eigenvalue weighted by Gasteiger charge is -2.44. The number of benzene rings is 1. The van der Waals surface area contributed by atoms with E-state index < -0.39 is 5.38 Å². The molecule has 1 saturated carbocycles. The molecule has 4 unspecified atom stereocenters. The number of aryl methyl sites for hydroxylation is 1. The number of fused-ring (bicyclic) bond motifs is 1. The average Bonchev–Trinajstić information content (AvgIpc) is 2.95. The maximum Gasteiger partial charge on any atom is 0.169 e. The second-order valence-corrected chi connectivity index (χ2v) is 8.69. The van der Waals surface area contributed by atoms with Gasteiger partial charge in [-0.1, -0.05) is 18.2 Å². The fourth-order valence-electron chi connectivity index (χ4n) is 4.58. The maximum absolute atomic E-state index is 13.2. The zero-order chi connectivity index (χ0) is 18.4. The molecule has 1 aromatic carbocycles. The molecule has 1 saturated heterocycles. The third kappa shape index (κ3) is 3.07. The van der Waals surface area contributed by atoms with Crippen LogP contribution in [0.1, 0.15) is 23.6 Å². The molecule has 140 valence electrons. The van der Waals surface area contributed by atoms with Gasteiger partial charge in [-0.25, -0.2) is 0 Å². The summed E-state index contributed by atoms with van der Waals surface area (Å²) in [4.78, 5) is 21.1. The van der Waals surface area contributed by atoms with Crippen molar-refractivity contribution in [2.45, 2.75) is 36.1 Å². The molecular formula is C20H25Cl2N3O. The molecule has 2 heterocycles. The molecule has 1 N–H and O–H groups in total. The molecule has 4 nitrogen and oxygen atoms in total. The second-order valence-electron chi connectivity index (χ2n) is 7.66. The highest BCUT2D eigenvalue weighted by Crippen LogP contribution is 2.42. The van der Waals surface area contributed by atoms with Gasteiger partial charge in [0.05, 0.1) is 11.4 Å². The minimum Gasteiger partial charge on any atom is -0.358 e. The van der Waals surface area contributed by atoms with Crippen molar-refractivity contribution in [3.63, 3.8) is 0 Å². The number of piperazine rings is 1. The Bertz CT molecular complexity index is 812. The number of likely N-dealkylation sites (N-methyl/N-ethyl adjacent to an activating group) is 1. The summed E-state index contributed by atoms with van der Waals surface area (Å²) in [6.07, 6.45) is 0.723. The number of ketones is 1. The van der Waals surface area contributed by atoms with Gasteiger partial charge in [-0.2, -0.15) is 0 Å². The number of hydrogen-bond donors (Lipinski definition) is 1. The predicted octanol–water partition coefficient (Wildman–Crippen LogP) is 3.36. The molecule has 2 aliphatic rings. The summed E-state index contributed by atoms with van der Waals surface area (Å²) in [6, 6.07) is 7.93. The Kier molecular flexibility index (Phi) is 5.04. The maximum atomic E-state index is 13.2. The van der Waals surface area contributed by atoms with Crippen molar-refractivity contribution in [3.8, 4) is 0 Å². The van der Waals surface area contributed by atoms with Crippen LogP contribution in [0, 0.1) is 6.92 Å². The van der Waals surface area contributed by atoms with Gasteiger partial charge in [-0.05, 0) is 32.0 Å². The Morgan fingerprint density at radius 3 is 2.54 bits per heavy atom. The van der Waals surface area contributed by atoms with Gasteiger partial charge in [-0.3, -0.25) is 9.69 Å². The van der Waals surface area contributed by atoms with E-state index in [1.165, 1.54) is 0 Å². The molecular weight excluding hydrogens is 369 g/mol. The molecule has 0 spiro atoms. The molecule has 4 atom stereocenters. The largest absolute Gasteiger partial charge is 0.358 e. The van der Waals surface area contributed by atoms with Crippen LogP contribution in [0.4, 0.5) is 0 Å². The first-order valence-electron chi connectivity index (χ1n) is 9.29. The van der Waals surface area contributed by atoms with Crippen LogP contribution in [0.25, 0.3) is 10.9 Å². The fourth-order valence-corrected chi connectivity index (χ4v) is 5.41. The van der Waals surface area contributed by atoms with Crippen molar-refractivity contribution in [2.75, 3.05) is 33.2 Å². The number of carbonyl (C=O) groups excluding carboxylic acids is 1. The van der Waals surface area contributed by atoms with Gasteiger partial charge in [0, 0.05) is 48.7 Å².